The van der Waals surface area contributed by atoms with Gasteiger partial charge in [0.25, 0.3) is 5.56 Å². The average molecular weight is 294 g/mol. The molecular formula is C17H18N4O. The summed E-state index contributed by atoms with van der Waals surface area (Å²) in [4.78, 5) is 21.0. The number of nitrogens with two attached hydrogens (primary N) is 1. The van der Waals surface area contributed by atoms with Crippen LogP contribution in [0, 0.1) is 0 Å². The highest BCUT2D eigenvalue weighted by molar-refractivity contribution is 5.95. The number of nitrogen functional groups attached to an aromatic ring is 1. The Hall–Kier alpha value is -2.69. The lowest BCUT2D eigenvalue weighted by molar-refractivity contribution is 0.803. The quantitative estimate of drug-likeness (QED) is 0.945. The van der Waals surface area contributed by atoms with E-state index >= 15 is 0 Å². The Labute approximate surface area is 128 Å². The first-order valence-corrected chi connectivity index (χ1v) is 7.18. The number of hydrogen-bond acceptors (Lipinski definition) is 4. The number of anilines is 1. The molecular weight excluding hydrogens is 276 g/mol. The van der Waals surface area contributed by atoms with Gasteiger partial charge in [0.05, 0.1) is 17.9 Å². The summed E-state index contributed by atoms with van der Waals surface area (Å²) >= 11 is 0. The van der Waals surface area contributed by atoms with E-state index in [0.29, 0.717) is 13.0 Å². The lowest BCUT2D eigenvalue weighted by Gasteiger charge is -2.05. The van der Waals surface area contributed by atoms with Crippen LogP contribution in [-0.4, -0.2) is 15.3 Å². The van der Waals surface area contributed by atoms with Crippen molar-refractivity contribution in [2.24, 2.45) is 4.99 Å². The lowest BCUT2D eigenvalue weighted by Crippen LogP contribution is -2.25. The molecule has 0 unspecified atom stereocenters. The first-order chi connectivity index (χ1) is 10.5. The third kappa shape index (κ3) is 2.70. The minimum Gasteiger partial charge on any atom is -0.394 e. The van der Waals surface area contributed by atoms with Gasteiger partial charge in [-0.25, -0.2) is 0 Å². The van der Waals surface area contributed by atoms with Crippen LogP contribution in [0.15, 0.2) is 46.1 Å². The van der Waals surface area contributed by atoms with Crippen molar-refractivity contribution in [1.29, 1.82) is 0 Å². The van der Waals surface area contributed by atoms with Gasteiger partial charge < -0.3 is 10.3 Å². The predicted octanol–water partition coefficient (Wildman–Crippen LogP) is 2.58. The van der Waals surface area contributed by atoms with Gasteiger partial charge in [0.1, 0.15) is 0 Å². The van der Waals surface area contributed by atoms with E-state index in [2.05, 4.69) is 11.1 Å². The van der Waals surface area contributed by atoms with Gasteiger partial charge in [-0.05, 0) is 26.0 Å². The van der Waals surface area contributed by atoms with Crippen LogP contribution < -0.4 is 11.3 Å². The fourth-order valence-electron chi connectivity index (χ4n) is 2.58. The fourth-order valence-corrected chi connectivity index (χ4v) is 2.58. The van der Waals surface area contributed by atoms with Crippen LogP contribution in [0.3, 0.4) is 0 Å². The van der Waals surface area contributed by atoms with Gasteiger partial charge in [-0.2, -0.15) is 0 Å². The summed E-state index contributed by atoms with van der Waals surface area (Å²) in [5.41, 5.74) is 11.0. The van der Waals surface area contributed by atoms with E-state index in [0.717, 1.165) is 22.5 Å². The molecule has 112 valence electrons. The number of nitrogens with zero attached hydrogens (tertiary/aromatic N) is 3. The van der Waals surface area contributed by atoms with Crippen LogP contribution in [0.4, 0.5) is 11.4 Å². The molecule has 3 rings (SSSR count). The standard InChI is InChI=1S/C17H18N4O/c1-11(2)6-12-8-19-9-13-7-14(20-16(12)13)10-21-5-3-4-15(18)17(21)22/h3-6,8-9H,7,10,18H2,1-2H3. The van der Waals surface area contributed by atoms with Crippen LogP contribution in [0.25, 0.3) is 6.08 Å². The zero-order chi connectivity index (χ0) is 15.7. The second-order valence-corrected chi connectivity index (χ2v) is 5.71. The van der Waals surface area contributed by atoms with Crippen molar-refractivity contribution in [3.05, 3.63) is 57.8 Å². The number of fused-ring (bicyclic) bond motifs is 1. The van der Waals surface area contributed by atoms with Crippen LogP contribution >= 0.6 is 0 Å². The summed E-state index contributed by atoms with van der Waals surface area (Å²) in [6.07, 6.45) is 8.19. The maximum Gasteiger partial charge on any atom is 0.274 e. The Morgan fingerprint density at radius 2 is 2.23 bits per heavy atom. The normalized spacial score (nSPS) is 12.7. The first kappa shape index (κ1) is 14.3. The van der Waals surface area contributed by atoms with Crippen molar-refractivity contribution in [2.45, 2.75) is 26.8 Å². The lowest BCUT2D eigenvalue weighted by atomic mass is 10.1. The number of aliphatic imine (C=N–C) groups is 1. The zero-order valence-electron chi connectivity index (χ0n) is 12.7. The monoisotopic (exact) mass is 294 g/mol. The van der Waals surface area contributed by atoms with Gasteiger partial charge >= 0.3 is 0 Å². The van der Waals surface area contributed by atoms with Crippen molar-refractivity contribution in [3.8, 4) is 0 Å². The maximum absolute atomic E-state index is 12.0. The van der Waals surface area contributed by atoms with Crippen LogP contribution in [-0.2, 0) is 13.0 Å². The molecule has 2 aromatic heterocycles. The second kappa shape index (κ2) is 5.60. The molecule has 0 spiro atoms. The molecule has 0 saturated carbocycles. The number of allylic oxidation sites excluding steroid dienone is 1. The van der Waals surface area contributed by atoms with E-state index in [1.54, 1.807) is 22.9 Å². The van der Waals surface area contributed by atoms with E-state index in [9.17, 15) is 4.79 Å². The highest BCUT2D eigenvalue weighted by atomic mass is 16.1. The molecule has 5 nitrogen and oxygen atoms in total. The Morgan fingerprint density at radius 3 is 3.00 bits per heavy atom. The molecule has 3 heterocycles. The SMILES string of the molecule is CC(C)=Cc1cncc2c1N=C(Cn1cccc(N)c1=O)C2. The van der Waals surface area contributed by atoms with Gasteiger partial charge in [0.2, 0.25) is 0 Å². The number of pyridine rings is 2. The third-order valence-corrected chi connectivity index (χ3v) is 3.53. The Morgan fingerprint density at radius 1 is 1.41 bits per heavy atom. The second-order valence-electron chi connectivity index (χ2n) is 5.71. The highest BCUT2D eigenvalue weighted by Gasteiger charge is 2.18. The van der Waals surface area contributed by atoms with Crippen LogP contribution in [0.2, 0.25) is 0 Å². The van der Waals surface area contributed by atoms with E-state index in [1.807, 2.05) is 26.2 Å². The summed E-state index contributed by atoms with van der Waals surface area (Å²) in [7, 11) is 0. The molecule has 0 saturated heterocycles. The topological polar surface area (TPSA) is 73.3 Å². The summed E-state index contributed by atoms with van der Waals surface area (Å²) < 4.78 is 1.59. The van der Waals surface area contributed by atoms with Gasteiger partial charge in [0, 0.05) is 41.8 Å². The molecule has 0 radical (unpaired) electrons. The minimum absolute atomic E-state index is 0.177. The van der Waals surface area contributed by atoms with Crippen molar-refractivity contribution >= 4 is 23.2 Å². The molecule has 5 heteroatoms. The van der Waals surface area contributed by atoms with Crippen molar-refractivity contribution < 1.29 is 0 Å². The molecule has 1 aliphatic rings. The van der Waals surface area contributed by atoms with Crippen LogP contribution in [0.1, 0.15) is 25.0 Å². The third-order valence-electron chi connectivity index (χ3n) is 3.53. The average Bonchev–Trinajstić information content (AvgIpc) is 2.87. The van der Waals surface area contributed by atoms with E-state index in [1.165, 1.54) is 5.57 Å². The predicted molar refractivity (Wildman–Crippen MR) is 89.5 cm³/mol. The largest absolute Gasteiger partial charge is 0.394 e. The van der Waals surface area contributed by atoms with Crippen molar-refractivity contribution in [2.75, 3.05) is 5.73 Å². The van der Waals surface area contributed by atoms with Gasteiger partial charge in [-0.15, -0.1) is 0 Å². The summed E-state index contributed by atoms with van der Waals surface area (Å²) in [5.74, 6) is 0. The minimum atomic E-state index is -0.177. The summed E-state index contributed by atoms with van der Waals surface area (Å²) in [6, 6.07) is 3.39. The van der Waals surface area contributed by atoms with Gasteiger partial charge in [0.15, 0.2) is 0 Å². The van der Waals surface area contributed by atoms with Crippen LogP contribution in [0.5, 0.6) is 0 Å². The Bertz CT molecular complexity index is 842. The smallest absolute Gasteiger partial charge is 0.274 e. The molecule has 0 amide bonds. The fraction of sp³-hybridized carbons (Fsp3) is 0.235. The Kier molecular flexibility index (Phi) is 3.63. The highest BCUT2D eigenvalue weighted by Crippen LogP contribution is 2.31. The van der Waals surface area contributed by atoms with E-state index in [4.69, 9.17) is 10.7 Å². The van der Waals surface area contributed by atoms with Gasteiger partial charge in [-0.3, -0.25) is 14.8 Å². The molecule has 0 fully saturated rings. The first-order valence-electron chi connectivity index (χ1n) is 7.18. The van der Waals surface area contributed by atoms with Gasteiger partial charge in [-0.1, -0.05) is 11.6 Å². The molecule has 2 aromatic rings. The van der Waals surface area contributed by atoms with E-state index in [-0.39, 0.29) is 11.2 Å². The number of aromatic nitrogens is 2. The number of hydrogen-bond donors (Lipinski definition) is 1. The van der Waals surface area contributed by atoms with Crippen molar-refractivity contribution in [3.63, 3.8) is 0 Å². The zero-order valence-corrected chi connectivity index (χ0v) is 12.7. The van der Waals surface area contributed by atoms with E-state index < -0.39 is 0 Å². The molecule has 0 aromatic carbocycles. The summed E-state index contributed by atoms with van der Waals surface area (Å²) in [5, 5.41) is 0. The molecule has 0 bridgehead atoms. The molecule has 22 heavy (non-hydrogen) atoms. The van der Waals surface area contributed by atoms with Crippen molar-refractivity contribution in [1.82, 2.24) is 9.55 Å². The summed E-state index contributed by atoms with van der Waals surface area (Å²) in [6.45, 7) is 4.55. The Balaban J connectivity index is 1.94. The number of rotatable bonds is 3. The molecule has 0 aliphatic carbocycles. The maximum atomic E-state index is 12.0. The molecule has 2 N–H and O–H groups in total. The molecule has 0 atom stereocenters. The molecule has 1 aliphatic heterocycles.